The number of carbonyl (C=O) groups excluding carboxylic acids is 2. The van der Waals surface area contributed by atoms with Crippen LogP contribution in [0.15, 0.2) is 61.1 Å². The second-order valence-corrected chi connectivity index (χ2v) is 11.3. The molecule has 2 amide bonds. The summed E-state index contributed by atoms with van der Waals surface area (Å²) in [5.74, 6) is -0.00403. The lowest BCUT2D eigenvalue weighted by atomic mass is 10.1. The average Bonchev–Trinajstić information content (AvgIpc) is 3.73. The van der Waals surface area contributed by atoms with Crippen molar-refractivity contribution in [1.29, 1.82) is 5.26 Å². The van der Waals surface area contributed by atoms with E-state index in [2.05, 4.69) is 21.3 Å². The van der Waals surface area contributed by atoms with Gasteiger partial charge in [0.1, 0.15) is 0 Å². The fourth-order valence-corrected chi connectivity index (χ4v) is 6.03. The SMILES string of the molecule is CCCC(=O)N(Cc1cncn1Cc1ccc(C#N)cc1)c1ccc2sc(C(=O)NCCN3CCCC3)cc2c1. The molecule has 0 aliphatic carbocycles. The Morgan fingerprint density at radius 3 is 2.67 bits per heavy atom. The summed E-state index contributed by atoms with van der Waals surface area (Å²) in [6.45, 7) is 6.74. The first-order valence-corrected chi connectivity index (χ1v) is 14.7. The van der Waals surface area contributed by atoms with E-state index >= 15 is 0 Å². The average molecular weight is 555 g/mol. The molecule has 1 fully saturated rings. The third-order valence-corrected chi connectivity index (χ3v) is 8.38. The molecule has 40 heavy (non-hydrogen) atoms. The summed E-state index contributed by atoms with van der Waals surface area (Å²) < 4.78 is 3.05. The maximum atomic E-state index is 13.3. The number of nitrogens with zero attached hydrogens (tertiary/aromatic N) is 5. The first kappa shape index (κ1) is 27.6. The van der Waals surface area contributed by atoms with Gasteiger partial charge in [0, 0.05) is 42.6 Å². The summed E-state index contributed by atoms with van der Waals surface area (Å²) in [7, 11) is 0. The van der Waals surface area contributed by atoms with Gasteiger partial charge in [-0.05, 0) is 79.7 Å². The van der Waals surface area contributed by atoms with Crippen LogP contribution in [0.1, 0.15) is 59.1 Å². The monoisotopic (exact) mass is 554 g/mol. The fraction of sp³-hybridized carbons (Fsp3) is 0.355. The predicted octanol–water partition coefficient (Wildman–Crippen LogP) is 5.18. The molecule has 2 aromatic heterocycles. The van der Waals surface area contributed by atoms with Crippen LogP contribution in [0, 0.1) is 11.3 Å². The number of nitrogens with one attached hydrogen (secondary N) is 1. The van der Waals surface area contributed by atoms with Crippen molar-refractivity contribution in [2.24, 2.45) is 0 Å². The van der Waals surface area contributed by atoms with E-state index < -0.39 is 0 Å². The molecule has 0 bridgehead atoms. The summed E-state index contributed by atoms with van der Waals surface area (Å²) in [4.78, 5) is 35.3. The number of thiophene rings is 1. The largest absolute Gasteiger partial charge is 0.350 e. The fourth-order valence-electron chi connectivity index (χ4n) is 5.07. The van der Waals surface area contributed by atoms with E-state index in [-0.39, 0.29) is 11.8 Å². The van der Waals surface area contributed by atoms with Gasteiger partial charge in [-0.1, -0.05) is 19.1 Å². The summed E-state index contributed by atoms with van der Waals surface area (Å²) in [5.41, 5.74) is 3.39. The zero-order chi connectivity index (χ0) is 27.9. The van der Waals surface area contributed by atoms with Crippen LogP contribution in [0.5, 0.6) is 0 Å². The predicted molar refractivity (Wildman–Crippen MR) is 158 cm³/mol. The second-order valence-electron chi connectivity index (χ2n) is 10.2. The number of amides is 2. The Balaban J connectivity index is 1.32. The number of rotatable bonds is 11. The van der Waals surface area contributed by atoms with E-state index in [4.69, 9.17) is 5.26 Å². The molecule has 1 saturated heterocycles. The highest BCUT2D eigenvalue weighted by molar-refractivity contribution is 7.20. The van der Waals surface area contributed by atoms with Crippen LogP contribution in [0.3, 0.4) is 0 Å². The number of likely N-dealkylation sites (tertiary alicyclic amines) is 1. The molecule has 1 N–H and O–H groups in total. The molecule has 8 nitrogen and oxygen atoms in total. The minimum Gasteiger partial charge on any atom is -0.350 e. The van der Waals surface area contributed by atoms with E-state index in [1.807, 2.05) is 52.8 Å². The van der Waals surface area contributed by atoms with Crippen molar-refractivity contribution in [2.75, 3.05) is 31.1 Å². The summed E-state index contributed by atoms with van der Waals surface area (Å²) in [5, 5.41) is 13.1. The van der Waals surface area contributed by atoms with Gasteiger partial charge in [-0.15, -0.1) is 11.3 Å². The molecular weight excluding hydrogens is 520 g/mol. The topological polar surface area (TPSA) is 94.3 Å². The van der Waals surface area contributed by atoms with Gasteiger partial charge in [-0.2, -0.15) is 5.26 Å². The third kappa shape index (κ3) is 6.58. The minimum absolute atomic E-state index is 0.0445. The molecule has 0 unspecified atom stereocenters. The van der Waals surface area contributed by atoms with Crippen molar-refractivity contribution in [3.63, 3.8) is 0 Å². The normalized spacial score (nSPS) is 13.4. The quantitative estimate of drug-likeness (QED) is 0.276. The first-order chi connectivity index (χ1) is 19.5. The van der Waals surface area contributed by atoms with Gasteiger partial charge >= 0.3 is 0 Å². The van der Waals surface area contributed by atoms with Crippen molar-refractivity contribution < 1.29 is 9.59 Å². The smallest absolute Gasteiger partial charge is 0.261 e. The number of hydrogen-bond donors (Lipinski definition) is 1. The number of nitriles is 1. The molecule has 0 saturated carbocycles. The molecule has 2 aromatic carbocycles. The van der Waals surface area contributed by atoms with Gasteiger partial charge in [0.25, 0.3) is 5.91 Å². The van der Waals surface area contributed by atoms with E-state index in [0.717, 1.165) is 53.1 Å². The second kappa shape index (κ2) is 12.9. The standard InChI is InChI=1S/C31H34N6O2S/c1-2-5-30(38)37(21-27-19-33-22-36(27)20-24-8-6-23(18-32)7-9-24)26-10-11-28-25(16-26)17-29(40-28)31(39)34-12-15-35-13-3-4-14-35/h6-11,16-17,19,22H,2-5,12-15,20-21H2,1H3,(H,34,39). The molecule has 0 radical (unpaired) electrons. The van der Waals surface area contributed by atoms with E-state index in [1.54, 1.807) is 24.7 Å². The zero-order valence-corrected chi connectivity index (χ0v) is 23.6. The van der Waals surface area contributed by atoms with Crippen molar-refractivity contribution in [1.82, 2.24) is 19.8 Å². The molecular formula is C31H34N6O2S. The third-order valence-electron chi connectivity index (χ3n) is 7.27. The Hall–Kier alpha value is -4.00. The molecule has 5 rings (SSSR count). The molecule has 9 heteroatoms. The summed E-state index contributed by atoms with van der Waals surface area (Å²) in [6.07, 6.45) is 7.24. The zero-order valence-electron chi connectivity index (χ0n) is 22.8. The number of imidazole rings is 1. The highest BCUT2D eigenvalue weighted by atomic mass is 32.1. The van der Waals surface area contributed by atoms with Gasteiger partial charge in [0.05, 0.1) is 35.1 Å². The molecule has 1 aliphatic heterocycles. The van der Waals surface area contributed by atoms with Crippen LogP contribution in [-0.4, -0.2) is 52.4 Å². The molecule has 0 atom stereocenters. The van der Waals surface area contributed by atoms with Crippen LogP contribution in [-0.2, 0) is 17.9 Å². The number of carbonyl (C=O) groups is 2. The van der Waals surface area contributed by atoms with Gasteiger partial charge in [0.15, 0.2) is 0 Å². The highest BCUT2D eigenvalue weighted by Crippen LogP contribution is 2.31. The maximum Gasteiger partial charge on any atom is 0.261 e. The van der Waals surface area contributed by atoms with E-state index in [1.165, 1.54) is 24.2 Å². The number of anilines is 1. The van der Waals surface area contributed by atoms with Gasteiger partial charge in [0.2, 0.25) is 5.91 Å². The van der Waals surface area contributed by atoms with E-state index in [0.29, 0.717) is 36.5 Å². The molecule has 4 aromatic rings. The van der Waals surface area contributed by atoms with Crippen molar-refractivity contribution in [3.8, 4) is 6.07 Å². The number of hydrogen-bond acceptors (Lipinski definition) is 6. The lowest BCUT2D eigenvalue weighted by Gasteiger charge is -2.23. The highest BCUT2D eigenvalue weighted by Gasteiger charge is 2.20. The Kier molecular flexibility index (Phi) is 8.89. The molecule has 1 aliphatic rings. The van der Waals surface area contributed by atoms with Crippen LogP contribution >= 0.6 is 11.3 Å². The van der Waals surface area contributed by atoms with Gasteiger partial charge in [-0.3, -0.25) is 9.59 Å². The van der Waals surface area contributed by atoms with E-state index in [9.17, 15) is 9.59 Å². The van der Waals surface area contributed by atoms with Crippen LogP contribution in [0.4, 0.5) is 5.69 Å². The Morgan fingerprint density at radius 2 is 1.93 bits per heavy atom. The molecule has 206 valence electrons. The number of benzene rings is 2. The van der Waals surface area contributed by atoms with Crippen LogP contribution in [0.25, 0.3) is 10.1 Å². The van der Waals surface area contributed by atoms with Crippen LogP contribution in [0.2, 0.25) is 0 Å². The molecule has 3 heterocycles. The lowest BCUT2D eigenvalue weighted by molar-refractivity contribution is -0.118. The van der Waals surface area contributed by atoms with Gasteiger partial charge in [-0.25, -0.2) is 4.98 Å². The van der Waals surface area contributed by atoms with Crippen molar-refractivity contribution in [2.45, 2.75) is 45.7 Å². The van der Waals surface area contributed by atoms with Gasteiger partial charge < -0.3 is 19.7 Å². The number of aromatic nitrogens is 2. The maximum absolute atomic E-state index is 13.3. The molecule has 0 spiro atoms. The van der Waals surface area contributed by atoms with Crippen molar-refractivity contribution >= 4 is 38.9 Å². The van der Waals surface area contributed by atoms with Crippen LogP contribution < -0.4 is 10.2 Å². The minimum atomic E-state index is -0.0485. The lowest BCUT2D eigenvalue weighted by Crippen LogP contribution is -2.33. The first-order valence-electron chi connectivity index (χ1n) is 13.9. The Labute approximate surface area is 238 Å². The number of fused-ring (bicyclic) bond motifs is 1. The summed E-state index contributed by atoms with van der Waals surface area (Å²) in [6, 6.07) is 17.5. The summed E-state index contributed by atoms with van der Waals surface area (Å²) >= 11 is 1.48. The Bertz CT molecular complexity index is 1510. The van der Waals surface area contributed by atoms with Crippen molar-refractivity contribution in [3.05, 3.63) is 82.8 Å². The Morgan fingerprint density at radius 1 is 1.12 bits per heavy atom.